The highest BCUT2D eigenvalue weighted by atomic mass is 79.9. The highest BCUT2D eigenvalue weighted by Crippen LogP contribution is 2.10. The smallest absolute Gasteiger partial charge is 0.251 e. The summed E-state index contributed by atoms with van der Waals surface area (Å²) in [6, 6.07) is 7.43. The lowest BCUT2D eigenvalue weighted by Crippen LogP contribution is -2.44. The third kappa shape index (κ3) is 4.93. The van der Waals surface area contributed by atoms with Crippen molar-refractivity contribution in [3.8, 4) is 0 Å². The molecule has 5 heteroatoms. The number of amides is 1. The van der Waals surface area contributed by atoms with Crippen molar-refractivity contribution in [2.75, 3.05) is 39.3 Å². The Kier molecular flexibility index (Phi) is 5.82. The van der Waals surface area contributed by atoms with Gasteiger partial charge >= 0.3 is 0 Å². The van der Waals surface area contributed by atoms with Crippen LogP contribution in [0.5, 0.6) is 0 Å². The molecule has 19 heavy (non-hydrogen) atoms. The van der Waals surface area contributed by atoms with Gasteiger partial charge in [0.25, 0.3) is 5.91 Å². The van der Waals surface area contributed by atoms with Crippen LogP contribution < -0.4 is 10.6 Å². The third-order valence-electron chi connectivity index (χ3n) is 3.25. The highest BCUT2D eigenvalue weighted by molar-refractivity contribution is 9.10. The van der Waals surface area contributed by atoms with Gasteiger partial charge in [0.15, 0.2) is 0 Å². The number of benzene rings is 1. The Morgan fingerprint density at radius 2 is 1.95 bits per heavy atom. The first-order chi connectivity index (χ1) is 9.25. The van der Waals surface area contributed by atoms with E-state index in [2.05, 4.69) is 31.5 Å². The van der Waals surface area contributed by atoms with Crippen molar-refractivity contribution in [3.63, 3.8) is 0 Å². The van der Waals surface area contributed by atoms with Crippen molar-refractivity contribution in [2.45, 2.75) is 6.42 Å². The summed E-state index contributed by atoms with van der Waals surface area (Å²) in [7, 11) is 0. The van der Waals surface area contributed by atoms with Gasteiger partial charge in [-0.15, -0.1) is 0 Å². The van der Waals surface area contributed by atoms with Gasteiger partial charge in [0, 0.05) is 42.8 Å². The Morgan fingerprint density at radius 3 is 2.63 bits per heavy atom. The van der Waals surface area contributed by atoms with E-state index in [0.717, 1.165) is 50.2 Å². The van der Waals surface area contributed by atoms with E-state index in [1.54, 1.807) is 0 Å². The Balaban J connectivity index is 1.64. The zero-order valence-corrected chi connectivity index (χ0v) is 12.6. The van der Waals surface area contributed by atoms with E-state index in [1.165, 1.54) is 0 Å². The number of hydrogen-bond donors (Lipinski definition) is 2. The van der Waals surface area contributed by atoms with E-state index in [9.17, 15) is 4.79 Å². The SMILES string of the molecule is O=C(NCCCN1CCNCC1)c1ccc(Br)cc1. The van der Waals surface area contributed by atoms with Crippen molar-refractivity contribution in [3.05, 3.63) is 34.3 Å². The van der Waals surface area contributed by atoms with Gasteiger partial charge in [-0.2, -0.15) is 0 Å². The second-order valence-electron chi connectivity index (χ2n) is 4.71. The maximum Gasteiger partial charge on any atom is 0.251 e. The average Bonchev–Trinajstić information content (AvgIpc) is 2.45. The average molecular weight is 326 g/mol. The molecule has 0 bridgehead atoms. The van der Waals surface area contributed by atoms with E-state index in [4.69, 9.17) is 0 Å². The van der Waals surface area contributed by atoms with E-state index in [0.29, 0.717) is 5.56 Å². The number of carbonyl (C=O) groups excluding carboxylic acids is 1. The first-order valence-electron chi connectivity index (χ1n) is 6.72. The molecule has 1 amide bonds. The van der Waals surface area contributed by atoms with Crippen LogP contribution in [0.3, 0.4) is 0 Å². The fourth-order valence-electron chi connectivity index (χ4n) is 2.14. The molecule has 0 aliphatic carbocycles. The maximum atomic E-state index is 11.9. The monoisotopic (exact) mass is 325 g/mol. The molecular formula is C14H20BrN3O. The van der Waals surface area contributed by atoms with Gasteiger partial charge in [-0.05, 0) is 37.2 Å². The second-order valence-corrected chi connectivity index (χ2v) is 5.62. The highest BCUT2D eigenvalue weighted by Gasteiger charge is 2.09. The molecule has 0 aromatic heterocycles. The van der Waals surface area contributed by atoms with E-state index in [-0.39, 0.29) is 5.91 Å². The van der Waals surface area contributed by atoms with Gasteiger partial charge in [0.05, 0.1) is 0 Å². The number of rotatable bonds is 5. The molecule has 0 atom stereocenters. The molecule has 1 aliphatic heterocycles. The minimum Gasteiger partial charge on any atom is -0.352 e. The molecule has 1 aromatic rings. The van der Waals surface area contributed by atoms with Gasteiger partial charge in [-0.25, -0.2) is 0 Å². The molecule has 1 aromatic carbocycles. The first kappa shape index (κ1) is 14.5. The summed E-state index contributed by atoms with van der Waals surface area (Å²) in [5, 5.41) is 6.30. The largest absolute Gasteiger partial charge is 0.352 e. The Labute approximate surface area is 122 Å². The number of carbonyl (C=O) groups is 1. The van der Waals surface area contributed by atoms with E-state index in [1.807, 2.05) is 24.3 Å². The van der Waals surface area contributed by atoms with Crippen LogP contribution in [0.1, 0.15) is 16.8 Å². The van der Waals surface area contributed by atoms with Crippen LogP contribution in [0.2, 0.25) is 0 Å². The molecule has 0 unspecified atom stereocenters. The molecular weight excluding hydrogens is 306 g/mol. The van der Waals surface area contributed by atoms with E-state index < -0.39 is 0 Å². The molecule has 4 nitrogen and oxygen atoms in total. The number of piperazine rings is 1. The van der Waals surface area contributed by atoms with Crippen LogP contribution in [0.25, 0.3) is 0 Å². The summed E-state index contributed by atoms with van der Waals surface area (Å²) in [4.78, 5) is 14.3. The number of halogens is 1. The lowest BCUT2D eigenvalue weighted by Gasteiger charge is -2.27. The number of hydrogen-bond acceptors (Lipinski definition) is 3. The van der Waals surface area contributed by atoms with Gasteiger partial charge in [-0.1, -0.05) is 15.9 Å². The fraction of sp³-hybridized carbons (Fsp3) is 0.500. The van der Waals surface area contributed by atoms with Crippen molar-refractivity contribution in [2.24, 2.45) is 0 Å². The molecule has 0 radical (unpaired) electrons. The van der Waals surface area contributed by atoms with Crippen molar-refractivity contribution in [1.29, 1.82) is 0 Å². The standard InChI is InChI=1S/C14H20BrN3O/c15-13-4-2-12(3-5-13)14(19)17-6-1-9-18-10-7-16-8-11-18/h2-5,16H,1,6-11H2,(H,17,19). The number of nitrogens with one attached hydrogen (secondary N) is 2. The second kappa shape index (κ2) is 7.62. The predicted octanol–water partition coefficient (Wildman–Crippen LogP) is 1.47. The molecule has 1 aliphatic rings. The van der Waals surface area contributed by atoms with Crippen LogP contribution in [-0.2, 0) is 0 Å². The van der Waals surface area contributed by atoms with Crippen LogP contribution in [0, 0.1) is 0 Å². The fourth-order valence-corrected chi connectivity index (χ4v) is 2.41. The summed E-state index contributed by atoms with van der Waals surface area (Å²) in [6.45, 7) is 6.17. The predicted molar refractivity (Wildman–Crippen MR) is 80.4 cm³/mol. The van der Waals surface area contributed by atoms with Crippen molar-refractivity contribution in [1.82, 2.24) is 15.5 Å². The van der Waals surface area contributed by atoms with Gasteiger partial charge in [0.2, 0.25) is 0 Å². The Bertz CT molecular complexity index is 402. The molecule has 1 saturated heterocycles. The van der Waals surface area contributed by atoms with Gasteiger partial charge in [-0.3, -0.25) is 4.79 Å². The lowest BCUT2D eigenvalue weighted by molar-refractivity contribution is 0.0951. The van der Waals surface area contributed by atoms with Crippen LogP contribution in [0.4, 0.5) is 0 Å². The van der Waals surface area contributed by atoms with E-state index >= 15 is 0 Å². The summed E-state index contributed by atoms with van der Waals surface area (Å²) in [5.74, 6) is 0.00723. The lowest BCUT2D eigenvalue weighted by atomic mass is 10.2. The molecule has 104 valence electrons. The quantitative estimate of drug-likeness (QED) is 0.806. The first-order valence-corrected chi connectivity index (χ1v) is 7.52. The summed E-state index contributed by atoms with van der Waals surface area (Å²) in [6.07, 6.45) is 1.00. The zero-order valence-electron chi connectivity index (χ0n) is 11.0. The molecule has 1 fully saturated rings. The summed E-state index contributed by atoms with van der Waals surface area (Å²) in [5.41, 5.74) is 0.713. The summed E-state index contributed by atoms with van der Waals surface area (Å²) >= 11 is 3.36. The van der Waals surface area contributed by atoms with Gasteiger partial charge in [0.1, 0.15) is 0 Å². The maximum absolute atomic E-state index is 11.9. The molecule has 1 heterocycles. The van der Waals surface area contributed by atoms with Crippen LogP contribution in [-0.4, -0.2) is 50.1 Å². The van der Waals surface area contributed by atoms with Gasteiger partial charge < -0.3 is 15.5 Å². The van der Waals surface area contributed by atoms with Crippen molar-refractivity contribution >= 4 is 21.8 Å². The molecule has 0 saturated carbocycles. The topological polar surface area (TPSA) is 44.4 Å². The van der Waals surface area contributed by atoms with Crippen LogP contribution in [0.15, 0.2) is 28.7 Å². The molecule has 0 spiro atoms. The zero-order chi connectivity index (χ0) is 13.5. The molecule has 2 rings (SSSR count). The Hall–Kier alpha value is -0.910. The third-order valence-corrected chi connectivity index (χ3v) is 3.78. The molecule has 2 N–H and O–H groups in total. The minimum atomic E-state index is 0.00723. The summed E-state index contributed by atoms with van der Waals surface area (Å²) < 4.78 is 0.989. The van der Waals surface area contributed by atoms with Crippen molar-refractivity contribution < 1.29 is 4.79 Å². The normalized spacial score (nSPS) is 16.3. The van der Waals surface area contributed by atoms with Crippen LogP contribution >= 0.6 is 15.9 Å². The Morgan fingerprint density at radius 1 is 1.26 bits per heavy atom. The number of nitrogens with zero attached hydrogens (tertiary/aromatic N) is 1. The minimum absolute atomic E-state index is 0.00723.